The van der Waals surface area contributed by atoms with Gasteiger partial charge in [0.1, 0.15) is 11.4 Å². The van der Waals surface area contributed by atoms with E-state index < -0.39 is 6.61 Å². The number of ether oxygens (including phenoxy) is 1. The molecule has 0 aliphatic heterocycles. The van der Waals surface area contributed by atoms with Crippen LogP contribution in [-0.2, 0) is 6.42 Å². The number of carbonyl (C=O) groups is 1. The van der Waals surface area contributed by atoms with E-state index >= 15 is 0 Å². The Labute approximate surface area is 119 Å². The number of H-pyrrole nitrogens is 1. The molecule has 0 saturated heterocycles. The van der Waals surface area contributed by atoms with Crippen molar-refractivity contribution in [3.8, 4) is 5.75 Å². The Morgan fingerprint density at radius 1 is 1.38 bits per heavy atom. The van der Waals surface area contributed by atoms with Crippen LogP contribution < -0.4 is 15.8 Å². The van der Waals surface area contributed by atoms with Crippen LogP contribution in [0.1, 0.15) is 16.1 Å². The lowest BCUT2D eigenvalue weighted by atomic mass is 10.1. The monoisotopic (exact) mass is 296 g/mol. The second-order valence-corrected chi connectivity index (χ2v) is 4.23. The fraction of sp³-hybridized carbons (Fsp3) is 0.231. The van der Waals surface area contributed by atoms with Gasteiger partial charge in [0.05, 0.1) is 11.9 Å². The number of nitrogens with one attached hydrogen (secondary N) is 2. The summed E-state index contributed by atoms with van der Waals surface area (Å²) in [5.41, 5.74) is 6.93. The van der Waals surface area contributed by atoms with Crippen LogP contribution in [0.15, 0.2) is 30.5 Å². The van der Waals surface area contributed by atoms with Gasteiger partial charge in [0.25, 0.3) is 5.91 Å². The summed E-state index contributed by atoms with van der Waals surface area (Å²) in [6, 6.07) is 6.23. The Balaban J connectivity index is 1.81. The smallest absolute Gasteiger partial charge is 0.387 e. The third kappa shape index (κ3) is 4.16. The molecule has 4 N–H and O–H groups in total. The van der Waals surface area contributed by atoms with Crippen LogP contribution in [-0.4, -0.2) is 29.3 Å². The number of anilines is 1. The van der Waals surface area contributed by atoms with Gasteiger partial charge in [0, 0.05) is 6.54 Å². The number of amides is 1. The predicted octanol–water partition coefficient (Wildman–Crippen LogP) is 1.57. The van der Waals surface area contributed by atoms with Crippen molar-refractivity contribution in [3.63, 3.8) is 0 Å². The van der Waals surface area contributed by atoms with Crippen molar-refractivity contribution in [2.45, 2.75) is 13.0 Å². The number of rotatable bonds is 6. The van der Waals surface area contributed by atoms with Crippen molar-refractivity contribution in [1.29, 1.82) is 0 Å². The van der Waals surface area contributed by atoms with Crippen molar-refractivity contribution in [1.82, 2.24) is 15.5 Å². The number of benzene rings is 1. The molecule has 0 bridgehead atoms. The molecule has 1 aromatic carbocycles. The maximum absolute atomic E-state index is 12.0. The number of nitrogen functional groups attached to an aromatic ring is 1. The first-order chi connectivity index (χ1) is 10.1. The maximum Gasteiger partial charge on any atom is 0.387 e. The zero-order valence-electron chi connectivity index (χ0n) is 11.0. The molecule has 0 saturated carbocycles. The normalized spacial score (nSPS) is 10.6. The van der Waals surface area contributed by atoms with Gasteiger partial charge in [-0.25, -0.2) is 0 Å². The molecule has 1 aromatic heterocycles. The zero-order valence-corrected chi connectivity index (χ0v) is 11.0. The summed E-state index contributed by atoms with van der Waals surface area (Å²) in [4.78, 5) is 11.7. The van der Waals surface area contributed by atoms with Gasteiger partial charge in [-0.05, 0) is 24.1 Å². The highest BCUT2D eigenvalue weighted by Gasteiger charge is 2.10. The van der Waals surface area contributed by atoms with Crippen molar-refractivity contribution in [2.24, 2.45) is 0 Å². The second-order valence-electron chi connectivity index (χ2n) is 4.23. The largest absolute Gasteiger partial charge is 0.435 e. The van der Waals surface area contributed by atoms with Gasteiger partial charge in [0.15, 0.2) is 0 Å². The molecular formula is C13H14F2N4O2. The van der Waals surface area contributed by atoms with Crippen LogP contribution >= 0.6 is 0 Å². The fourth-order valence-corrected chi connectivity index (χ4v) is 1.72. The molecule has 0 aliphatic carbocycles. The topological polar surface area (TPSA) is 93.0 Å². The number of hydrogen-bond donors (Lipinski definition) is 3. The summed E-state index contributed by atoms with van der Waals surface area (Å²) >= 11 is 0. The Morgan fingerprint density at radius 3 is 2.67 bits per heavy atom. The molecule has 1 amide bonds. The van der Waals surface area contributed by atoms with Gasteiger partial charge in [0.2, 0.25) is 0 Å². The minimum atomic E-state index is -2.84. The lowest BCUT2D eigenvalue weighted by Gasteiger charge is -2.07. The lowest BCUT2D eigenvalue weighted by Crippen LogP contribution is -2.26. The van der Waals surface area contributed by atoms with E-state index in [0.29, 0.717) is 13.0 Å². The molecule has 6 nitrogen and oxygen atoms in total. The summed E-state index contributed by atoms with van der Waals surface area (Å²) in [6.45, 7) is -2.46. The molecule has 0 radical (unpaired) electrons. The third-order valence-electron chi connectivity index (χ3n) is 2.74. The predicted molar refractivity (Wildman–Crippen MR) is 72.1 cm³/mol. The summed E-state index contributed by atoms with van der Waals surface area (Å²) < 4.78 is 28.2. The lowest BCUT2D eigenvalue weighted by molar-refractivity contribution is -0.0498. The van der Waals surface area contributed by atoms with Crippen molar-refractivity contribution in [2.75, 3.05) is 12.3 Å². The van der Waals surface area contributed by atoms with E-state index in [4.69, 9.17) is 5.73 Å². The van der Waals surface area contributed by atoms with Gasteiger partial charge >= 0.3 is 6.61 Å². The van der Waals surface area contributed by atoms with Crippen LogP contribution in [0.2, 0.25) is 0 Å². The van der Waals surface area contributed by atoms with Crippen LogP contribution in [0.5, 0.6) is 5.75 Å². The standard InChI is InChI=1S/C13H14F2N4O2/c14-13(15)21-9-3-1-8(2-4-9)5-6-17-12(20)11-10(16)7-18-19-11/h1-4,7,13H,5-6,16H2,(H,17,20)(H,18,19). The van der Waals surface area contributed by atoms with Crippen molar-refractivity contribution >= 4 is 11.6 Å². The Bertz CT molecular complexity index is 598. The van der Waals surface area contributed by atoms with E-state index in [1.54, 1.807) is 12.1 Å². The Morgan fingerprint density at radius 2 is 2.10 bits per heavy atom. The number of nitrogens with zero attached hydrogens (tertiary/aromatic N) is 1. The van der Waals surface area contributed by atoms with E-state index in [9.17, 15) is 13.6 Å². The number of aromatic nitrogens is 2. The first-order valence-corrected chi connectivity index (χ1v) is 6.17. The van der Waals surface area contributed by atoms with Gasteiger partial charge in [-0.3, -0.25) is 9.89 Å². The number of alkyl halides is 2. The summed E-state index contributed by atoms with van der Waals surface area (Å²) in [5.74, 6) is -0.245. The highest BCUT2D eigenvalue weighted by atomic mass is 19.3. The van der Waals surface area contributed by atoms with Gasteiger partial charge < -0.3 is 15.8 Å². The van der Waals surface area contributed by atoms with Gasteiger partial charge in [-0.2, -0.15) is 13.9 Å². The quantitative estimate of drug-likeness (QED) is 0.754. The minimum absolute atomic E-state index is 0.100. The molecule has 1 heterocycles. The van der Waals surface area contributed by atoms with E-state index in [1.165, 1.54) is 18.3 Å². The van der Waals surface area contributed by atoms with Crippen LogP contribution in [0.25, 0.3) is 0 Å². The molecule has 0 aliphatic rings. The van der Waals surface area contributed by atoms with Gasteiger partial charge in [-0.15, -0.1) is 0 Å². The molecule has 0 fully saturated rings. The molecule has 2 aromatic rings. The van der Waals surface area contributed by atoms with Gasteiger partial charge in [-0.1, -0.05) is 12.1 Å². The number of halogens is 2. The average molecular weight is 296 g/mol. The third-order valence-corrected chi connectivity index (χ3v) is 2.74. The van der Waals surface area contributed by atoms with E-state index in [-0.39, 0.29) is 23.0 Å². The number of nitrogens with two attached hydrogens (primary N) is 1. The molecule has 0 spiro atoms. The first kappa shape index (κ1) is 14.8. The average Bonchev–Trinajstić information content (AvgIpc) is 2.86. The highest BCUT2D eigenvalue weighted by Crippen LogP contribution is 2.15. The highest BCUT2D eigenvalue weighted by molar-refractivity contribution is 5.96. The molecule has 112 valence electrons. The molecular weight excluding hydrogens is 282 g/mol. The molecule has 2 rings (SSSR count). The summed E-state index contributed by atoms with van der Waals surface area (Å²) in [7, 11) is 0. The zero-order chi connectivity index (χ0) is 15.2. The van der Waals surface area contributed by atoms with Crippen LogP contribution in [0.3, 0.4) is 0 Å². The van der Waals surface area contributed by atoms with Crippen molar-refractivity contribution in [3.05, 3.63) is 41.7 Å². The Kier molecular flexibility index (Phi) is 4.70. The SMILES string of the molecule is Nc1cn[nH]c1C(=O)NCCc1ccc(OC(F)F)cc1. The first-order valence-electron chi connectivity index (χ1n) is 6.17. The Hall–Kier alpha value is -2.64. The maximum atomic E-state index is 12.0. The molecule has 8 heteroatoms. The molecule has 0 unspecified atom stereocenters. The summed E-state index contributed by atoms with van der Waals surface area (Å²) in [6.07, 6.45) is 1.91. The number of carbonyl (C=O) groups excluding carboxylic acids is 1. The minimum Gasteiger partial charge on any atom is -0.435 e. The van der Waals surface area contributed by atoms with Crippen molar-refractivity contribution < 1.29 is 18.3 Å². The second kappa shape index (κ2) is 6.69. The van der Waals surface area contributed by atoms with E-state index in [1.807, 2.05) is 0 Å². The summed E-state index contributed by atoms with van der Waals surface area (Å²) in [5, 5.41) is 8.84. The van der Waals surface area contributed by atoms with Crippen LogP contribution in [0.4, 0.5) is 14.5 Å². The van der Waals surface area contributed by atoms with Crippen LogP contribution in [0, 0.1) is 0 Å². The molecule has 21 heavy (non-hydrogen) atoms. The van der Waals surface area contributed by atoms with E-state index in [2.05, 4.69) is 20.3 Å². The fourth-order valence-electron chi connectivity index (χ4n) is 1.72. The molecule has 0 atom stereocenters. The number of hydrogen-bond acceptors (Lipinski definition) is 4. The van der Waals surface area contributed by atoms with E-state index in [0.717, 1.165) is 5.56 Å². The number of aromatic amines is 1.